The van der Waals surface area contributed by atoms with Gasteiger partial charge in [0.25, 0.3) is 0 Å². The molecule has 224 valence electrons. The molecular formula is C38H54O3. The third-order valence-electron chi connectivity index (χ3n) is 8.78. The molecular weight excluding hydrogens is 504 g/mol. The molecule has 0 spiro atoms. The standard InChI is InChI=1S/C38H54O3/c1-22(2)30-21-31(26(6)16-35(30)40)24(4)13-27(17-28-19-34(38(10,11)12)36(41)15-23(28)3)18-32-25(5)14-29(39)20-33(32)37(7,8)9/h14-16,19-22,24,27,39-41H,13,17-18H2,1-12H3. The molecule has 2 atom stereocenters. The van der Waals surface area contributed by atoms with E-state index in [4.69, 9.17) is 0 Å². The molecule has 0 heterocycles. The van der Waals surface area contributed by atoms with Crippen molar-refractivity contribution in [1.82, 2.24) is 0 Å². The van der Waals surface area contributed by atoms with Crippen LogP contribution in [0.5, 0.6) is 17.2 Å². The van der Waals surface area contributed by atoms with Gasteiger partial charge >= 0.3 is 0 Å². The van der Waals surface area contributed by atoms with E-state index in [1.165, 1.54) is 22.3 Å². The van der Waals surface area contributed by atoms with Crippen molar-refractivity contribution in [2.24, 2.45) is 5.92 Å². The maximum atomic E-state index is 10.8. The molecule has 41 heavy (non-hydrogen) atoms. The van der Waals surface area contributed by atoms with Crippen molar-refractivity contribution >= 4 is 0 Å². The summed E-state index contributed by atoms with van der Waals surface area (Å²) in [5, 5.41) is 31.9. The highest BCUT2D eigenvalue weighted by molar-refractivity contribution is 5.47. The van der Waals surface area contributed by atoms with Crippen LogP contribution in [0.4, 0.5) is 0 Å². The van der Waals surface area contributed by atoms with Gasteiger partial charge in [0.15, 0.2) is 0 Å². The van der Waals surface area contributed by atoms with Gasteiger partial charge in [0.2, 0.25) is 0 Å². The number of aromatic hydroxyl groups is 3. The fourth-order valence-corrected chi connectivity index (χ4v) is 6.48. The van der Waals surface area contributed by atoms with Gasteiger partial charge in [0.1, 0.15) is 17.2 Å². The highest BCUT2D eigenvalue weighted by Crippen LogP contribution is 2.40. The van der Waals surface area contributed by atoms with Crippen LogP contribution in [0.1, 0.15) is 131 Å². The van der Waals surface area contributed by atoms with Crippen LogP contribution in [0.25, 0.3) is 0 Å². The molecule has 2 unspecified atom stereocenters. The minimum absolute atomic E-state index is 0.0947. The summed E-state index contributed by atoms with van der Waals surface area (Å²) in [4.78, 5) is 0. The lowest BCUT2D eigenvalue weighted by Crippen LogP contribution is -2.20. The first-order valence-electron chi connectivity index (χ1n) is 15.3. The van der Waals surface area contributed by atoms with Crippen molar-refractivity contribution in [3.05, 3.63) is 86.5 Å². The number of rotatable bonds is 8. The molecule has 0 aliphatic carbocycles. The molecule has 0 amide bonds. The molecule has 0 saturated carbocycles. The highest BCUT2D eigenvalue weighted by atomic mass is 16.3. The summed E-state index contributed by atoms with van der Waals surface area (Å²) in [7, 11) is 0. The minimum Gasteiger partial charge on any atom is -0.508 e. The number of phenolic OH excluding ortho intramolecular Hbond substituents is 3. The summed E-state index contributed by atoms with van der Waals surface area (Å²) >= 11 is 0. The van der Waals surface area contributed by atoms with Crippen LogP contribution in [0.2, 0.25) is 0 Å². The number of hydrogen-bond acceptors (Lipinski definition) is 3. The monoisotopic (exact) mass is 558 g/mol. The summed E-state index contributed by atoms with van der Waals surface area (Å²) in [6, 6.07) is 12.1. The van der Waals surface area contributed by atoms with Crippen LogP contribution in [-0.2, 0) is 23.7 Å². The minimum atomic E-state index is -0.154. The van der Waals surface area contributed by atoms with E-state index in [0.717, 1.165) is 47.1 Å². The van der Waals surface area contributed by atoms with Crippen LogP contribution >= 0.6 is 0 Å². The zero-order valence-corrected chi connectivity index (χ0v) is 27.7. The Labute approximate surface area is 249 Å². The third kappa shape index (κ3) is 7.67. The maximum Gasteiger partial charge on any atom is 0.119 e. The zero-order chi connectivity index (χ0) is 31.0. The smallest absolute Gasteiger partial charge is 0.119 e. The number of phenols is 3. The van der Waals surface area contributed by atoms with E-state index < -0.39 is 0 Å². The Bertz CT molecular complexity index is 1380. The van der Waals surface area contributed by atoms with E-state index in [0.29, 0.717) is 29.1 Å². The van der Waals surface area contributed by atoms with Gasteiger partial charge in [0, 0.05) is 0 Å². The Kier molecular flexibility index (Phi) is 9.63. The Morgan fingerprint density at radius 1 is 0.610 bits per heavy atom. The molecule has 0 saturated heterocycles. The summed E-state index contributed by atoms with van der Waals surface area (Å²) in [5.41, 5.74) is 10.2. The molecule has 0 aliphatic rings. The molecule has 3 heteroatoms. The Morgan fingerprint density at radius 3 is 1.76 bits per heavy atom. The van der Waals surface area contributed by atoms with Crippen molar-refractivity contribution in [3.63, 3.8) is 0 Å². The average molecular weight is 559 g/mol. The first-order valence-corrected chi connectivity index (χ1v) is 15.3. The van der Waals surface area contributed by atoms with Crippen LogP contribution in [0.3, 0.4) is 0 Å². The van der Waals surface area contributed by atoms with Crippen LogP contribution in [0.15, 0.2) is 36.4 Å². The summed E-state index contributed by atoms with van der Waals surface area (Å²) in [6.45, 7) is 26.0. The van der Waals surface area contributed by atoms with Crippen LogP contribution < -0.4 is 0 Å². The lowest BCUT2D eigenvalue weighted by Gasteiger charge is -2.30. The largest absolute Gasteiger partial charge is 0.508 e. The van der Waals surface area contributed by atoms with Gasteiger partial charge in [-0.05, 0) is 143 Å². The van der Waals surface area contributed by atoms with Crippen molar-refractivity contribution in [1.29, 1.82) is 0 Å². The molecule has 0 aliphatic heterocycles. The lowest BCUT2D eigenvalue weighted by molar-refractivity contribution is 0.426. The van der Waals surface area contributed by atoms with E-state index in [1.807, 2.05) is 24.3 Å². The zero-order valence-electron chi connectivity index (χ0n) is 27.7. The van der Waals surface area contributed by atoms with Gasteiger partial charge in [-0.2, -0.15) is 0 Å². The lowest BCUT2D eigenvalue weighted by atomic mass is 9.75. The molecule has 3 aromatic rings. The van der Waals surface area contributed by atoms with Gasteiger partial charge in [-0.25, -0.2) is 0 Å². The summed E-state index contributed by atoms with van der Waals surface area (Å²) in [5.74, 6) is 1.96. The molecule has 3 nitrogen and oxygen atoms in total. The molecule has 3 N–H and O–H groups in total. The van der Waals surface area contributed by atoms with Crippen molar-refractivity contribution in [3.8, 4) is 17.2 Å². The van der Waals surface area contributed by atoms with E-state index in [2.05, 4.69) is 95.2 Å². The quantitative estimate of drug-likeness (QED) is 0.258. The van der Waals surface area contributed by atoms with Gasteiger partial charge in [-0.1, -0.05) is 74.4 Å². The van der Waals surface area contributed by atoms with Gasteiger partial charge < -0.3 is 15.3 Å². The Hall–Kier alpha value is -2.94. The second-order valence-electron chi connectivity index (χ2n) is 14.9. The Morgan fingerprint density at radius 2 is 1.20 bits per heavy atom. The molecule has 0 bridgehead atoms. The van der Waals surface area contributed by atoms with E-state index in [-0.39, 0.29) is 16.7 Å². The van der Waals surface area contributed by atoms with Crippen LogP contribution in [0, 0.1) is 26.7 Å². The summed E-state index contributed by atoms with van der Waals surface area (Å²) in [6.07, 6.45) is 2.79. The molecule has 0 radical (unpaired) electrons. The molecule has 0 aromatic heterocycles. The van der Waals surface area contributed by atoms with Crippen molar-refractivity contribution in [2.45, 2.75) is 125 Å². The average Bonchev–Trinajstić information content (AvgIpc) is 2.80. The normalized spacial score (nSPS) is 14.0. The second-order valence-corrected chi connectivity index (χ2v) is 14.9. The predicted molar refractivity (Wildman–Crippen MR) is 174 cm³/mol. The maximum absolute atomic E-state index is 10.8. The van der Waals surface area contributed by atoms with Crippen molar-refractivity contribution in [2.75, 3.05) is 0 Å². The molecule has 0 fully saturated rings. The fourth-order valence-electron chi connectivity index (χ4n) is 6.48. The van der Waals surface area contributed by atoms with E-state index in [1.54, 1.807) is 0 Å². The van der Waals surface area contributed by atoms with E-state index >= 15 is 0 Å². The van der Waals surface area contributed by atoms with Gasteiger partial charge in [0.05, 0.1) is 0 Å². The van der Waals surface area contributed by atoms with Crippen molar-refractivity contribution < 1.29 is 15.3 Å². The van der Waals surface area contributed by atoms with E-state index in [9.17, 15) is 15.3 Å². The summed E-state index contributed by atoms with van der Waals surface area (Å²) < 4.78 is 0. The SMILES string of the molecule is Cc1cc(O)c(C(C)(C)C)cc1CC(Cc1c(C)cc(O)cc1C(C)(C)C)CC(C)c1cc(C(C)C)c(O)cc1C. The van der Waals surface area contributed by atoms with Gasteiger partial charge in [-0.15, -0.1) is 0 Å². The highest BCUT2D eigenvalue weighted by Gasteiger charge is 2.27. The predicted octanol–water partition coefficient (Wildman–Crippen LogP) is 10.0. The fraction of sp³-hybridized carbons (Fsp3) is 0.526. The first kappa shape index (κ1) is 32.6. The molecule has 3 aromatic carbocycles. The van der Waals surface area contributed by atoms with Crippen LogP contribution in [-0.4, -0.2) is 15.3 Å². The molecule has 3 rings (SSSR count). The number of benzene rings is 3. The van der Waals surface area contributed by atoms with Gasteiger partial charge in [-0.3, -0.25) is 0 Å². The Balaban J connectivity index is 2.12. The number of aryl methyl sites for hydroxylation is 3. The third-order valence-corrected chi connectivity index (χ3v) is 8.78. The first-order chi connectivity index (χ1) is 18.8. The second kappa shape index (κ2) is 12.1. The number of hydrogen-bond donors (Lipinski definition) is 3. The topological polar surface area (TPSA) is 60.7 Å².